The van der Waals surface area contributed by atoms with E-state index in [1.807, 2.05) is 0 Å². The smallest absolute Gasteiger partial charge is 0.165 e. The van der Waals surface area contributed by atoms with Gasteiger partial charge in [-0.3, -0.25) is 9.78 Å². The van der Waals surface area contributed by atoms with Crippen molar-refractivity contribution in [3.63, 3.8) is 0 Å². The lowest BCUT2D eigenvalue weighted by Crippen LogP contribution is -2.08. The maximum absolute atomic E-state index is 11.3. The van der Waals surface area contributed by atoms with Crippen LogP contribution in [0.5, 0.6) is 0 Å². The number of ketones is 1. The average molecular weight is 229 g/mol. The summed E-state index contributed by atoms with van der Waals surface area (Å²) in [4.78, 5) is 15.2. The van der Waals surface area contributed by atoms with Gasteiger partial charge in [0, 0.05) is 28.9 Å². The number of carbonyl (C=O) groups is 1. The summed E-state index contributed by atoms with van der Waals surface area (Å²) < 4.78 is 0.725. The summed E-state index contributed by atoms with van der Waals surface area (Å²) in [5.74, 6) is 0.0479. The first-order valence-electron chi connectivity index (χ1n) is 3.58. The number of hydrogen-bond donors (Lipinski definition) is 1. The number of hydrogen-bond acceptors (Lipinski definition) is 3. The number of Topliss-reactive ketones (excluding diaryl/α,β-unsaturated/α-hetero) is 1. The third kappa shape index (κ3) is 2.12. The molecule has 1 aromatic rings. The van der Waals surface area contributed by atoms with Crippen LogP contribution in [-0.2, 0) is 0 Å². The number of halogens is 1. The summed E-state index contributed by atoms with van der Waals surface area (Å²) in [6, 6.07) is 1.68. The molecule has 0 saturated carbocycles. The standard InChI is InChI=1S/C8H9BrN2O/c9-7-5-11-4-2-6(7)8(12)1-3-10/h2,4-5H,1,3,10H2. The quantitative estimate of drug-likeness (QED) is 0.796. The van der Waals surface area contributed by atoms with Crippen LogP contribution >= 0.6 is 15.9 Å². The fourth-order valence-electron chi connectivity index (χ4n) is 0.867. The van der Waals surface area contributed by atoms with Crippen molar-refractivity contribution in [1.82, 2.24) is 4.98 Å². The van der Waals surface area contributed by atoms with Crippen LogP contribution in [0.2, 0.25) is 0 Å². The zero-order chi connectivity index (χ0) is 8.97. The Morgan fingerprint density at radius 1 is 1.67 bits per heavy atom. The Kier molecular flexibility index (Phi) is 3.37. The zero-order valence-electron chi connectivity index (χ0n) is 6.46. The molecule has 1 aromatic heterocycles. The van der Waals surface area contributed by atoms with Gasteiger partial charge in [0.15, 0.2) is 5.78 Å². The molecular formula is C8H9BrN2O. The molecule has 64 valence electrons. The Balaban J connectivity index is 2.87. The van der Waals surface area contributed by atoms with Crippen molar-refractivity contribution in [1.29, 1.82) is 0 Å². The maximum atomic E-state index is 11.3. The molecule has 0 aliphatic carbocycles. The van der Waals surface area contributed by atoms with E-state index < -0.39 is 0 Å². The summed E-state index contributed by atoms with van der Waals surface area (Å²) in [6.07, 6.45) is 3.57. The van der Waals surface area contributed by atoms with Crippen molar-refractivity contribution in [3.8, 4) is 0 Å². The van der Waals surface area contributed by atoms with E-state index in [-0.39, 0.29) is 5.78 Å². The van der Waals surface area contributed by atoms with E-state index in [4.69, 9.17) is 5.73 Å². The van der Waals surface area contributed by atoms with Gasteiger partial charge in [0.05, 0.1) is 0 Å². The normalized spacial score (nSPS) is 9.83. The molecule has 1 heterocycles. The van der Waals surface area contributed by atoms with Crippen LogP contribution in [-0.4, -0.2) is 17.3 Å². The first kappa shape index (κ1) is 9.35. The molecule has 0 aliphatic heterocycles. The van der Waals surface area contributed by atoms with Gasteiger partial charge in [0.1, 0.15) is 0 Å². The number of pyridine rings is 1. The van der Waals surface area contributed by atoms with Crippen LogP contribution in [0.1, 0.15) is 16.8 Å². The third-order valence-electron chi connectivity index (χ3n) is 1.44. The molecule has 0 atom stereocenters. The van der Waals surface area contributed by atoms with Gasteiger partial charge >= 0.3 is 0 Å². The Hall–Kier alpha value is -0.740. The highest BCUT2D eigenvalue weighted by molar-refractivity contribution is 9.10. The number of rotatable bonds is 3. The summed E-state index contributed by atoms with van der Waals surface area (Å²) in [6.45, 7) is 0.383. The maximum Gasteiger partial charge on any atom is 0.165 e. The van der Waals surface area contributed by atoms with Gasteiger partial charge in [-0.05, 0) is 28.5 Å². The van der Waals surface area contributed by atoms with Crippen LogP contribution < -0.4 is 5.73 Å². The highest BCUT2D eigenvalue weighted by atomic mass is 79.9. The second-order valence-electron chi connectivity index (χ2n) is 2.32. The lowest BCUT2D eigenvalue weighted by molar-refractivity contribution is 0.0984. The second kappa shape index (κ2) is 4.33. The summed E-state index contributed by atoms with van der Waals surface area (Å²) >= 11 is 3.24. The third-order valence-corrected chi connectivity index (χ3v) is 2.08. The Morgan fingerprint density at radius 3 is 3.00 bits per heavy atom. The summed E-state index contributed by atoms with van der Waals surface area (Å²) in [7, 11) is 0. The molecule has 0 bridgehead atoms. The molecule has 0 aromatic carbocycles. The van der Waals surface area contributed by atoms with Crippen molar-refractivity contribution in [3.05, 3.63) is 28.5 Å². The molecule has 0 amide bonds. The van der Waals surface area contributed by atoms with Gasteiger partial charge in [-0.25, -0.2) is 0 Å². The predicted octanol–water partition coefficient (Wildman–Crippen LogP) is 1.38. The molecule has 0 saturated heterocycles. The molecule has 4 heteroatoms. The fraction of sp³-hybridized carbons (Fsp3) is 0.250. The molecule has 12 heavy (non-hydrogen) atoms. The van der Waals surface area contributed by atoms with E-state index >= 15 is 0 Å². The molecule has 0 radical (unpaired) electrons. The van der Waals surface area contributed by atoms with Crippen LogP contribution in [0.4, 0.5) is 0 Å². The minimum atomic E-state index is 0.0479. The van der Waals surface area contributed by atoms with Crippen molar-refractivity contribution in [2.45, 2.75) is 6.42 Å². The van der Waals surface area contributed by atoms with Gasteiger partial charge in [0.25, 0.3) is 0 Å². The van der Waals surface area contributed by atoms with E-state index in [0.717, 1.165) is 4.47 Å². The Morgan fingerprint density at radius 2 is 2.42 bits per heavy atom. The number of aromatic nitrogens is 1. The number of carbonyl (C=O) groups excluding carboxylic acids is 1. The van der Waals surface area contributed by atoms with E-state index in [2.05, 4.69) is 20.9 Å². The second-order valence-corrected chi connectivity index (χ2v) is 3.17. The van der Waals surface area contributed by atoms with Crippen molar-refractivity contribution in [2.75, 3.05) is 6.54 Å². The van der Waals surface area contributed by atoms with E-state index in [1.54, 1.807) is 18.5 Å². The molecule has 3 nitrogen and oxygen atoms in total. The summed E-state index contributed by atoms with van der Waals surface area (Å²) in [5, 5.41) is 0. The molecule has 1 rings (SSSR count). The Labute approximate surface area is 79.1 Å². The van der Waals surface area contributed by atoms with Gasteiger partial charge in [-0.15, -0.1) is 0 Å². The van der Waals surface area contributed by atoms with Crippen LogP contribution in [0.3, 0.4) is 0 Å². The van der Waals surface area contributed by atoms with Gasteiger partial charge in [-0.2, -0.15) is 0 Å². The molecule has 0 aliphatic rings. The molecule has 2 N–H and O–H groups in total. The predicted molar refractivity (Wildman–Crippen MR) is 49.9 cm³/mol. The van der Waals surface area contributed by atoms with E-state index in [0.29, 0.717) is 18.5 Å². The van der Waals surface area contributed by atoms with Crippen LogP contribution in [0.25, 0.3) is 0 Å². The largest absolute Gasteiger partial charge is 0.330 e. The highest BCUT2D eigenvalue weighted by Crippen LogP contribution is 2.15. The fourth-order valence-corrected chi connectivity index (χ4v) is 1.34. The van der Waals surface area contributed by atoms with Crippen molar-refractivity contribution < 1.29 is 4.79 Å². The van der Waals surface area contributed by atoms with Gasteiger partial charge in [-0.1, -0.05) is 0 Å². The molecular weight excluding hydrogens is 220 g/mol. The average Bonchev–Trinajstić information content (AvgIpc) is 2.05. The monoisotopic (exact) mass is 228 g/mol. The zero-order valence-corrected chi connectivity index (χ0v) is 8.04. The lowest BCUT2D eigenvalue weighted by Gasteiger charge is -2.00. The first-order chi connectivity index (χ1) is 5.75. The van der Waals surface area contributed by atoms with Crippen LogP contribution in [0.15, 0.2) is 22.9 Å². The SMILES string of the molecule is NCCC(=O)c1ccncc1Br. The number of nitrogens with zero attached hydrogens (tertiary/aromatic N) is 1. The highest BCUT2D eigenvalue weighted by Gasteiger charge is 2.07. The van der Waals surface area contributed by atoms with Gasteiger partial charge in [0.2, 0.25) is 0 Å². The Bertz CT molecular complexity index is 288. The molecule has 0 fully saturated rings. The van der Waals surface area contributed by atoms with E-state index in [1.165, 1.54) is 0 Å². The first-order valence-corrected chi connectivity index (χ1v) is 4.37. The number of nitrogens with two attached hydrogens (primary N) is 1. The van der Waals surface area contributed by atoms with Crippen LogP contribution in [0, 0.1) is 0 Å². The summed E-state index contributed by atoms with van der Waals surface area (Å²) in [5.41, 5.74) is 5.91. The minimum Gasteiger partial charge on any atom is -0.330 e. The molecule has 0 spiro atoms. The van der Waals surface area contributed by atoms with Crippen molar-refractivity contribution in [2.24, 2.45) is 5.73 Å². The van der Waals surface area contributed by atoms with E-state index in [9.17, 15) is 4.79 Å². The molecule has 0 unspecified atom stereocenters. The lowest BCUT2D eigenvalue weighted by atomic mass is 10.1. The minimum absolute atomic E-state index is 0.0479. The van der Waals surface area contributed by atoms with Gasteiger partial charge < -0.3 is 5.73 Å². The van der Waals surface area contributed by atoms with Crippen molar-refractivity contribution >= 4 is 21.7 Å². The topological polar surface area (TPSA) is 56.0 Å².